The second-order valence-electron chi connectivity index (χ2n) is 3.37. The summed E-state index contributed by atoms with van der Waals surface area (Å²) in [6.45, 7) is 1.15. The highest BCUT2D eigenvalue weighted by atomic mass is 35.6. The molecule has 0 radical (unpaired) electrons. The normalized spacial score (nSPS) is 12.7. The van der Waals surface area contributed by atoms with Gasteiger partial charge in [0, 0.05) is 12.5 Å². The molecular formula is C11H10Cl3NO3. The number of esters is 1. The van der Waals surface area contributed by atoms with E-state index in [9.17, 15) is 9.59 Å². The van der Waals surface area contributed by atoms with Crippen molar-refractivity contribution in [2.75, 3.05) is 0 Å². The lowest BCUT2D eigenvalue weighted by molar-refractivity contribution is -0.147. The van der Waals surface area contributed by atoms with Crippen molar-refractivity contribution in [3.05, 3.63) is 35.9 Å². The molecule has 0 aliphatic carbocycles. The smallest absolute Gasteiger partial charge is 0.304 e. The molecule has 0 saturated heterocycles. The molecule has 0 unspecified atom stereocenters. The summed E-state index contributed by atoms with van der Waals surface area (Å²) in [5.74, 6) is -1.17. The van der Waals surface area contributed by atoms with Crippen LogP contribution in [0.5, 0.6) is 0 Å². The Morgan fingerprint density at radius 1 is 1.22 bits per heavy atom. The first-order valence-corrected chi connectivity index (χ1v) is 6.04. The number of amides is 1. The highest BCUT2D eigenvalue weighted by molar-refractivity contribution is 6.68. The molecule has 1 N–H and O–H groups in total. The summed E-state index contributed by atoms with van der Waals surface area (Å²) in [7, 11) is 0. The Bertz CT molecular complexity index is 431. The zero-order chi connectivity index (χ0) is 13.8. The summed E-state index contributed by atoms with van der Waals surface area (Å²) in [5.41, 5.74) is 0.365. The summed E-state index contributed by atoms with van der Waals surface area (Å²) in [5, 5.41) is 2.33. The van der Waals surface area contributed by atoms with Crippen LogP contribution in [0, 0.1) is 0 Å². The minimum atomic E-state index is -1.95. The molecule has 18 heavy (non-hydrogen) atoms. The molecule has 0 heterocycles. The summed E-state index contributed by atoms with van der Waals surface area (Å²) in [6.07, 6.45) is -1.35. The van der Waals surface area contributed by atoms with Crippen molar-refractivity contribution in [3.8, 4) is 0 Å². The molecule has 4 nitrogen and oxygen atoms in total. The fraction of sp³-hybridized carbons (Fsp3) is 0.273. The van der Waals surface area contributed by atoms with Gasteiger partial charge in [-0.25, -0.2) is 0 Å². The Balaban J connectivity index is 2.78. The summed E-state index contributed by atoms with van der Waals surface area (Å²) >= 11 is 16.8. The Morgan fingerprint density at radius 3 is 2.22 bits per heavy atom. The van der Waals surface area contributed by atoms with Gasteiger partial charge in [0.2, 0.25) is 10.0 Å². The number of hydrogen-bond acceptors (Lipinski definition) is 3. The van der Waals surface area contributed by atoms with Crippen LogP contribution in [-0.4, -0.2) is 21.9 Å². The van der Waals surface area contributed by atoms with Crippen molar-refractivity contribution in [2.45, 2.75) is 16.9 Å². The van der Waals surface area contributed by atoms with E-state index < -0.39 is 21.9 Å². The fourth-order valence-corrected chi connectivity index (χ4v) is 1.43. The van der Waals surface area contributed by atoms with Gasteiger partial charge in [-0.3, -0.25) is 9.59 Å². The molecule has 1 atom stereocenters. The Morgan fingerprint density at radius 2 is 1.78 bits per heavy atom. The molecule has 0 aliphatic heterocycles. The van der Waals surface area contributed by atoms with Crippen LogP contribution in [-0.2, 0) is 9.53 Å². The molecule has 1 rings (SSSR count). The third-order valence-corrected chi connectivity index (χ3v) is 2.47. The predicted octanol–water partition coefficient (Wildman–Crippen LogP) is 2.68. The predicted molar refractivity (Wildman–Crippen MR) is 69.8 cm³/mol. The first kappa shape index (κ1) is 15.1. The quantitative estimate of drug-likeness (QED) is 0.530. The summed E-state index contributed by atoms with van der Waals surface area (Å²) < 4.78 is 2.79. The topological polar surface area (TPSA) is 55.4 Å². The summed E-state index contributed by atoms with van der Waals surface area (Å²) in [6, 6.07) is 8.29. The third-order valence-electron chi connectivity index (χ3n) is 1.88. The van der Waals surface area contributed by atoms with Crippen LogP contribution < -0.4 is 5.32 Å². The van der Waals surface area contributed by atoms with Crippen molar-refractivity contribution in [1.29, 1.82) is 0 Å². The minimum absolute atomic E-state index is 0.365. The number of hydrogen-bond donors (Lipinski definition) is 1. The number of nitrogens with one attached hydrogen (secondary N) is 1. The minimum Gasteiger partial charge on any atom is -0.437 e. The number of benzene rings is 1. The van der Waals surface area contributed by atoms with Crippen LogP contribution >= 0.6 is 34.8 Å². The SMILES string of the molecule is CC(=O)O[C@@H](NC(=O)c1ccccc1)C(Cl)(Cl)Cl. The van der Waals surface area contributed by atoms with E-state index in [1.807, 2.05) is 0 Å². The van der Waals surface area contributed by atoms with Crippen LogP contribution in [0.15, 0.2) is 30.3 Å². The molecule has 1 amide bonds. The van der Waals surface area contributed by atoms with Crippen molar-refractivity contribution in [3.63, 3.8) is 0 Å². The van der Waals surface area contributed by atoms with Gasteiger partial charge in [-0.15, -0.1) is 0 Å². The van der Waals surface area contributed by atoms with E-state index in [-0.39, 0.29) is 0 Å². The molecule has 98 valence electrons. The van der Waals surface area contributed by atoms with E-state index in [2.05, 4.69) is 5.32 Å². The van der Waals surface area contributed by atoms with Crippen molar-refractivity contribution in [1.82, 2.24) is 5.32 Å². The Labute approximate surface area is 119 Å². The first-order chi connectivity index (χ1) is 8.30. The highest BCUT2D eigenvalue weighted by Gasteiger charge is 2.36. The number of ether oxygens (including phenoxy) is 1. The van der Waals surface area contributed by atoms with Gasteiger partial charge in [-0.05, 0) is 12.1 Å². The number of rotatable bonds is 3. The third kappa shape index (κ3) is 4.72. The number of halogens is 3. The second kappa shape index (κ2) is 6.27. The van der Waals surface area contributed by atoms with E-state index in [0.29, 0.717) is 5.56 Å². The first-order valence-electron chi connectivity index (χ1n) is 4.90. The van der Waals surface area contributed by atoms with Crippen LogP contribution in [0.4, 0.5) is 0 Å². The van der Waals surface area contributed by atoms with Crippen LogP contribution in [0.2, 0.25) is 0 Å². The zero-order valence-corrected chi connectivity index (χ0v) is 11.6. The molecule has 0 spiro atoms. The average molecular weight is 311 g/mol. The number of carbonyl (C=O) groups is 2. The van der Waals surface area contributed by atoms with Crippen LogP contribution in [0.1, 0.15) is 17.3 Å². The van der Waals surface area contributed by atoms with Gasteiger partial charge in [-0.2, -0.15) is 0 Å². The number of carbonyl (C=O) groups excluding carboxylic acids is 2. The molecule has 0 aromatic heterocycles. The van der Waals surface area contributed by atoms with Crippen molar-refractivity contribution >= 4 is 46.7 Å². The molecule has 1 aromatic rings. The van der Waals surface area contributed by atoms with Gasteiger partial charge in [0.1, 0.15) is 0 Å². The molecule has 0 bridgehead atoms. The van der Waals surface area contributed by atoms with E-state index in [1.165, 1.54) is 0 Å². The van der Waals surface area contributed by atoms with Crippen molar-refractivity contribution < 1.29 is 14.3 Å². The standard InChI is InChI=1S/C11H10Cl3NO3/c1-7(16)18-10(11(12,13)14)15-9(17)8-5-3-2-4-6-8/h2-6,10H,1H3,(H,15,17)/t10-/m1/s1. The molecule has 0 saturated carbocycles. The van der Waals surface area contributed by atoms with E-state index in [1.54, 1.807) is 30.3 Å². The lowest BCUT2D eigenvalue weighted by Gasteiger charge is -2.24. The van der Waals surface area contributed by atoms with Gasteiger partial charge < -0.3 is 10.1 Å². The Kier molecular flexibility index (Phi) is 5.26. The van der Waals surface area contributed by atoms with Gasteiger partial charge >= 0.3 is 5.97 Å². The number of alkyl halides is 3. The lowest BCUT2D eigenvalue weighted by atomic mass is 10.2. The van der Waals surface area contributed by atoms with Gasteiger partial charge in [0.15, 0.2) is 0 Å². The fourth-order valence-electron chi connectivity index (χ4n) is 1.14. The second-order valence-corrected chi connectivity index (χ2v) is 5.74. The van der Waals surface area contributed by atoms with Crippen molar-refractivity contribution in [2.24, 2.45) is 0 Å². The maximum Gasteiger partial charge on any atom is 0.304 e. The van der Waals surface area contributed by atoms with Gasteiger partial charge in [0.05, 0.1) is 0 Å². The van der Waals surface area contributed by atoms with E-state index in [0.717, 1.165) is 6.92 Å². The zero-order valence-electron chi connectivity index (χ0n) is 9.32. The van der Waals surface area contributed by atoms with Gasteiger partial charge in [0.25, 0.3) is 5.91 Å². The highest BCUT2D eigenvalue weighted by Crippen LogP contribution is 2.31. The Hall–Kier alpha value is -0.970. The van der Waals surface area contributed by atoms with Crippen LogP contribution in [0.25, 0.3) is 0 Å². The maximum atomic E-state index is 11.8. The maximum absolute atomic E-state index is 11.8. The van der Waals surface area contributed by atoms with E-state index >= 15 is 0 Å². The molecule has 0 aliphatic rings. The largest absolute Gasteiger partial charge is 0.437 e. The van der Waals surface area contributed by atoms with Gasteiger partial charge in [-0.1, -0.05) is 53.0 Å². The monoisotopic (exact) mass is 309 g/mol. The molecular weight excluding hydrogens is 300 g/mol. The molecule has 1 aromatic carbocycles. The molecule has 0 fully saturated rings. The van der Waals surface area contributed by atoms with E-state index in [4.69, 9.17) is 39.5 Å². The van der Waals surface area contributed by atoms with Crippen LogP contribution in [0.3, 0.4) is 0 Å². The lowest BCUT2D eigenvalue weighted by Crippen LogP contribution is -2.46. The average Bonchev–Trinajstić information content (AvgIpc) is 2.27. The molecule has 7 heteroatoms. The summed E-state index contributed by atoms with van der Waals surface area (Å²) in [4.78, 5) is 22.7.